The maximum atomic E-state index is 11.8. The molecule has 2 heterocycles. The first-order valence-electron chi connectivity index (χ1n) is 6.82. The first kappa shape index (κ1) is 15.3. The van der Waals surface area contributed by atoms with Gasteiger partial charge in [-0.05, 0) is 34.5 Å². The summed E-state index contributed by atoms with van der Waals surface area (Å²) in [5.41, 5.74) is 1.12. The highest BCUT2D eigenvalue weighted by molar-refractivity contribution is 7.07. The van der Waals surface area contributed by atoms with Crippen molar-refractivity contribution in [3.63, 3.8) is 0 Å². The summed E-state index contributed by atoms with van der Waals surface area (Å²) in [7, 11) is 0. The zero-order valence-electron chi connectivity index (χ0n) is 11.9. The first-order chi connectivity index (χ1) is 11.1. The number of hydrogen-bond acceptors (Lipinski definition) is 6. The van der Waals surface area contributed by atoms with E-state index in [4.69, 9.17) is 9.47 Å². The number of benzene rings is 1. The van der Waals surface area contributed by atoms with E-state index in [1.54, 1.807) is 29.6 Å². The molecule has 120 valence electrons. The van der Waals surface area contributed by atoms with Gasteiger partial charge in [-0.3, -0.25) is 9.59 Å². The SMILES string of the molecule is O=C(NCC(O)c1ccsc1)C(=O)Nc1ccc2c(c1)OCO2. The van der Waals surface area contributed by atoms with Gasteiger partial charge in [0.05, 0.1) is 6.10 Å². The Morgan fingerprint density at radius 3 is 2.83 bits per heavy atom. The van der Waals surface area contributed by atoms with Crippen LogP contribution in [0.5, 0.6) is 11.5 Å². The lowest BCUT2D eigenvalue weighted by atomic mass is 10.2. The van der Waals surface area contributed by atoms with E-state index in [1.165, 1.54) is 11.3 Å². The van der Waals surface area contributed by atoms with E-state index >= 15 is 0 Å². The maximum Gasteiger partial charge on any atom is 0.313 e. The van der Waals surface area contributed by atoms with E-state index in [9.17, 15) is 14.7 Å². The fraction of sp³-hybridized carbons (Fsp3) is 0.200. The van der Waals surface area contributed by atoms with Gasteiger partial charge in [-0.2, -0.15) is 11.3 Å². The van der Waals surface area contributed by atoms with E-state index in [0.29, 0.717) is 22.7 Å². The van der Waals surface area contributed by atoms with Gasteiger partial charge in [-0.25, -0.2) is 0 Å². The Hall–Kier alpha value is -2.58. The Morgan fingerprint density at radius 2 is 2.04 bits per heavy atom. The standard InChI is InChI=1S/C15H14N2O5S/c18-11(9-3-4-23-7-9)6-16-14(19)15(20)17-10-1-2-12-13(5-10)22-8-21-12/h1-5,7,11,18H,6,8H2,(H,16,19)(H,17,20). The summed E-state index contributed by atoms with van der Waals surface area (Å²) >= 11 is 1.45. The number of nitrogens with one attached hydrogen (secondary N) is 2. The highest BCUT2D eigenvalue weighted by atomic mass is 32.1. The number of fused-ring (bicyclic) bond motifs is 1. The first-order valence-corrected chi connectivity index (χ1v) is 7.77. The van der Waals surface area contributed by atoms with Crippen LogP contribution in [0.2, 0.25) is 0 Å². The number of carbonyl (C=O) groups excluding carboxylic acids is 2. The molecular formula is C15H14N2O5S. The van der Waals surface area contributed by atoms with Crippen LogP contribution in [0.4, 0.5) is 5.69 Å². The van der Waals surface area contributed by atoms with Crippen molar-refractivity contribution in [2.24, 2.45) is 0 Å². The van der Waals surface area contributed by atoms with Crippen LogP contribution in [0.15, 0.2) is 35.0 Å². The summed E-state index contributed by atoms with van der Waals surface area (Å²) in [6, 6.07) is 6.59. The average Bonchev–Trinajstić information content (AvgIpc) is 3.22. The minimum Gasteiger partial charge on any atom is -0.454 e. The molecule has 23 heavy (non-hydrogen) atoms. The largest absolute Gasteiger partial charge is 0.454 e. The minimum atomic E-state index is -0.844. The third-order valence-electron chi connectivity index (χ3n) is 3.22. The second-order valence-corrected chi connectivity index (χ2v) is 5.58. The van der Waals surface area contributed by atoms with Gasteiger partial charge in [-0.1, -0.05) is 0 Å². The molecule has 1 atom stereocenters. The number of hydrogen-bond donors (Lipinski definition) is 3. The van der Waals surface area contributed by atoms with Crippen molar-refractivity contribution in [2.75, 3.05) is 18.7 Å². The van der Waals surface area contributed by atoms with Crippen LogP contribution in [0.25, 0.3) is 0 Å². The number of rotatable bonds is 4. The molecule has 2 aromatic rings. The summed E-state index contributed by atoms with van der Waals surface area (Å²) in [5.74, 6) is -0.541. The van der Waals surface area contributed by atoms with E-state index in [-0.39, 0.29) is 13.3 Å². The fourth-order valence-electron chi connectivity index (χ4n) is 2.01. The van der Waals surface area contributed by atoms with Crippen molar-refractivity contribution in [3.05, 3.63) is 40.6 Å². The number of ether oxygens (including phenoxy) is 2. The quantitative estimate of drug-likeness (QED) is 0.732. The number of aliphatic hydroxyl groups excluding tert-OH is 1. The highest BCUT2D eigenvalue weighted by Crippen LogP contribution is 2.34. The topological polar surface area (TPSA) is 96.9 Å². The average molecular weight is 334 g/mol. The second-order valence-electron chi connectivity index (χ2n) is 4.80. The Balaban J connectivity index is 1.52. The van der Waals surface area contributed by atoms with Gasteiger partial charge < -0.3 is 25.2 Å². The molecule has 0 fully saturated rings. The summed E-state index contributed by atoms with van der Waals surface area (Å²) in [5, 5.41) is 18.3. The maximum absolute atomic E-state index is 11.8. The number of carbonyl (C=O) groups is 2. The van der Waals surface area contributed by atoms with Crippen molar-refractivity contribution in [1.82, 2.24) is 5.32 Å². The van der Waals surface area contributed by atoms with Crippen LogP contribution in [0.3, 0.4) is 0 Å². The molecular weight excluding hydrogens is 320 g/mol. The normalized spacial score (nSPS) is 13.4. The van der Waals surface area contributed by atoms with E-state index < -0.39 is 17.9 Å². The Bertz CT molecular complexity index is 717. The van der Waals surface area contributed by atoms with Crippen LogP contribution in [-0.2, 0) is 9.59 Å². The Labute approximate surface area is 135 Å². The summed E-state index contributed by atoms with van der Waals surface area (Å²) in [6.07, 6.45) is -0.844. The van der Waals surface area contributed by atoms with Crippen molar-refractivity contribution in [1.29, 1.82) is 0 Å². The Kier molecular flexibility index (Phi) is 4.45. The van der Waals surface area contributed by atoms with Gasteiger partial charge in [0.15, 0.2) is 11.5 Å². The van der Waals surface area contributed by atoms with Gasteiger partial charge in [0.1, 0.15) is 0 Å². The highest BCUT2D eigenvalue weighted by Gasteiger charge is 2.18. The molecule has 1 aliphatic rings. The number of amides is 2. The van der Waals surface area contributed by atoms with Crippen molar-refractivity contribution in [2.45, 2.75) is 6.10 Å². The molecule has 0 saturated carbocycles. The van der Waals surface area contributed by atoms with Crippen LogP contribution in [0, 0.1) is 0 Å². The molecule has 0 bridgehead atoms. The number of aliphatic hydroxyl groups is 1. The molecule has 1 aromatic heterocycles. The smallest absolute Gasteiger partial charge is 0.313 e. The van der Waals surface area contributed by atoms with Crippen LogP contribution < -0.4 is 20.1 Å². The summed E-state index contributed by atoms with van der Waals surface area (Å²) < 4.78 is 10.4. The molecule has 0 saturated heterocycles. The summed E-state index contributed by atoms with van der Waals surface area (Å²) in [6.45, 7) is 0.0951. The van der Waals surface area contributed by atoms with Crippen LogP contribution in [0.1, 0.15) is 11.7 Å². The molecule has 1 aromatic carbocycles. The molecule has 3 rings (SSSR count). The predicted octanol–water partition coefficient (Wildman–Crippen LogP) is 1.27. The van der Waals surface area contributed by atoms with Crippen molar-refractivity contribution >= 4 is 28.8 Å². The predicted molar refractivity (Wildman–Crippen MR) is 83.5 cm³/mol. The van der Waals surface area contributed by atoms with Crippen LogP contribution >= 0.6 is 11.3 Å². The third kappa shape index (κ3) is 3.61. The molecule has 8 heteroatoms. The molecule has 2 amide bonds. The molecule has 1 unspecified atom stereocenters. The molecule has 0 spiro atoms. The molecule has 1 aliphatic heterocycles. The molecule has 7 nitrogen and oxygen atoms in total. The number of thiophene rings is 1. The second kappa shape index (κ2) is 6.67. The van der Waals surface area contributed by atoms with Gasteiger partial charge >= 0.3 is 11.8 Å². The molecule has 0 radical (unpaired) electrons. The zero-order chi connectivity index (χ0) is 16.2. The Morgan fingerprint density at radius 1 is 1.22 bits per heavy atom. The van der Waals surface area contributed by atoms with Crippen molar-refractivity contribution in [3.8, 4) is 11.5 Å². The molecule has 3 N–H and O–H groups in total. The fourth-order valence-corrected chi connectivity index (χ4v) is 2.72. The van der Waals surface area contributed by atoms with E-state index in [2.05, 4.69) is 10.6 Å². The minimum absolute atomic E-state index is 0.0376. The third-order valence-corrected chi connectivity index (χ3v) is 3.92. The summed E-state index contributed by atoms with van der Waals surface area (Å²) in [4.78, 5) is 23.6. The van der Waals surface area contributed by atoms with Gasteiger partial charge in [0, 0.05) is 18.3 Å². The lowest BCUT2D eigenvalue weighted by Crippen LogP contribution is -2.37. The zero-order valence-corrected chi connectivity index (χ0v) is 12.8. The monoisotopic (exact) mass is 334 g/mol. The lowest BCUT2D eigenvalue weighted by molar-refractivity contribution is -0.136. The van der Waals surface area contributed by atoms with Gasteiger partial charge in [-0.15, -0.1) is 0 Å². The molecule has 0 aliphatic carbocycles. The number of anilines is 1. The lowest BCUT2D eigenvalue weighted by Gasteiger charge is -2.10. The van der Waals surface area contributed by atoms with E-state index in [0.717, 1.165) is 0 Å². The van der Waals surface area contributed by atoms with Gasteiger partial charge in [0.25, 0.3) is 0 Å². The van der Waals surface area contributed by atoms with Gasteiger partial charge in [0.2, 0.25) is 6.79 Å². The van der Waals surface area contributed by atoms with Crippen LogP contribution in [-0.4, -0.2) is 30.3 Å². The van der Waals surface area contributed by atoms with Crippen molar-refractivity contribution < 1.29 is 24.2 Å². The van der Waals surface area contributed by atoms with E-state index in [1.807, 2.05) is 5.38 Å².